The van der Waals surface area contributed by atoms with Crippen molar-refractivity contribution in [2.45, 2.75) is 77.7 Å². The van der Waals surface area contributed by atoms with Crippen molar-refractivity contribution in [3.8, 4) is 0 Å². The zero-order valence-corrected chi connectivity index (χ0v) is 15.8. The van der Waals surface area contributed by atoms with Crippen LogP contribution in [0.15, 0.2) is 30.3 Å². The number of hydrogen-bond donors (Lipinski definition) is 0. The first-order chi connectivity index (χ1) is 11.6. The molecule has 0 amide bonds. The number of phosphoric acid groups is 1. The van der Waals surface area contributed by atoms with Gasteiger partial charge < -0.3 is 13.9 Å². The predicted octanol–water partition coefficient (Wildman–Crippen LogP) is 5.61. The number of rotatable bonds is 15. The summed E-state index contributed by atoms with van der Waals surface area (Å²) in [6, 6.07) is 9.21. The zero-order valence-electron chi connectivity index (χ0n) is 15.0. The van der Waals surface area contributed by atoms with Gasteiger partial charge in [0.15, 0.2) is 0 Å². The van der Waals surface area contributed by atoms with Crippen LogP contribution in [0, 0.1) is 0 Å². The zero-order chi connectivity index (χ0) is 17.5. The maximum absolute atomic E-state index is 11.6. The van der Waals surface area contributed by atoms with E-state index in [0.29, 0.717) is 0 Å². The van der Waals surface area contributed by atoms with E-state index in [4.69, 9.17) is 9.05 Å². The second kappa shape index (κ2) is 13.6. The first-order valence-corrected chi connectivity index (χ1v) is 10.7. The van der Waals surface area contributed by atoms with E-state index in [-0.39, 0.29) is 13.2 Å². The second-order valence-electron chi connectivity index (χ2n) is 6.22. The number of benzene rings is 1. The third-order valence-electron chi connectivity index (χ3n) is 3.98. The fourth-order valence-corrected chi connectivity index (χ4v) is 3.27. The van der Waals surface area contributed by atoms with E-state index < -0.39 is 7.82 Å². The minimum Gasteiger partial charge on any atom is -0.756 e. The standard InChI is InChI=1S/C19H33O4P/c1-2-3-4-5-6-7-8-9-10-14-17-22-24(20,21)23-18-19-15-12-11-13-16-19/h11-13,15-16H,2-10,14,17-18H2,1H3,(H,20,21)/p-1. The summed E-state index contributed by atoms with van der Waals surface area (Å²) in [6.45, 7) is 2.47. The van der Waals surface area contributed by atoms with Gasteiger partial charge in [-0.15, -0.1) is 0 Å². The summed E-state index contributed by atoms with van der Waals surface area (Å²) in [7, 11) is -4.19. The van der Waals surface area contributed by atoms with Gasteiger partial charge in [-0.2, -0.15) is 0 Å². The highest BCUT2D eigenvalue weighted by molar-refractivity contribution is 7.45. The van der Waals surface area contributed by atoms with Crippen molar-refractivity contribution < 1.29 is 18.5 Å². The van der Waals surface area contributed by atoms with E-state index in [2.05, 4.69) is 6.92 Å². The van der Waals surface area contributed by atoms with Crippen LogP contribution in [-0.2, 0) is 20.2 Å². The minimum absolute atomic E-state index is 0.0274. The third kappa shape index (κ3) is 11.8. The minimum atomic E-state index is -4.19. The van der Waals surface area contributed by atoms with Crippen molar-refractivity contribution in [2.24, 2.45) is 0 Å². The molecule has 1 unspecified atom stereocenters. The van der Waals surface area contributed by atoms with Gasteiger partial charge in [0.05, 0.1) is 13.2 Å². The topological polar surface area (TPSA) is 58.6 Å². The highest BCUT2D eigenvalue weighted by atomic mass is 31.2. The Morgan fingerprint density at radius 1 is 0.833 bits per heavy atom. The molecule has 0 heterocycles. The van der Waals surface area contributed by atoms with E-state index in [1.165, 1.54) is 44.9 Å². The summed E-state index contributed by atoms with van der Waals surface area (Å²) in [5.74, 6) is 0. The lowest BCUT2D eigenvalue weighted by Gasteiger charge is -2.22. The molecule has 1 aromatic rings. The predicted molar refractivity (Wildman–Crippen MR) is 96.6 cm³/mol. The average molecular weight is 355 g/mol. The monoisotopic (exact) mass is 355 g/mol. The van der Waals surface area contributed by atoms with Crippen LogP contribution in [0.2, 0.25) is 0 Å². The Hall–Kier alpha value is -0.670. The van der Waals surface area contributed by atoms with E-state index in [1.807, 2.05) is 30.3 Å². The molecular weight excluding hydrogens is 323 g/mol. The summed E-state index contributed by atoms with van der Waals surface area (Å²) < 4.78 is 21.4. The van der Waals surface area contributed by atoms with E-state index in [0.717, 1.165) is 24.8 Å². The quantitative estimate of drug-likeness (QED) is 0.303. The van der Waals surface area contributed by atoms with Gasteiger partial charge in [-0.25, -0.2) is 0 Å². The van der Waals surface area contributed by atoms with E-state index >= 15 is 0 Å². The van der Waals surface area contributed by atoms with Crippen molar-refractivity contribution in [3.63, 3.8) is 0 Å². The highest BCUT2D eigenvalue weighted by Gasteiger charge is 2.09. The van der Waals surface area contributed by atoms with Gasteiger partial charge in [0.25, 0.3) is 7.82 Å². The van der Waals surface area contributed by atoms with Crippen LogP contribution in [0.3, 0.4) is 0 Å². The molecule has 4 nitrogen and oxygen atoms in total. The summed E-state index contributed by atoms with van der Waals surface area (Å²) in [6.07, 6.45) is 12.1. The van der Waals surface area contributed by atoms with Crippen LogP contribution in [0.5, 0.6) is 0 Å². The Morgan fingerprint density at radius 3 is 1.96 bits per heavy atom. The molecule has 0 aromatic heterocycles. The molecule has 138 valence electrons. The Bertz CT molecular complexity index is 450. The van der Waals surface area contributed by atoms with Gasteiger partial charge in [-0.1, -0.05) is 95.0 Å². The van der Waals surface area contributed by atoms with Gasteiger partial charge in [0.2, 0.25) is 0 Å². The molecule has 0 spiro atoms. The lowest BCUT2D eigenvalue weighted by atomic mass is 10.1. The first-order valence-electron chi connectivity index (χ1n) is 9.28. The lowest BCUT2D eigenvalue weighted by molar-refractivity contribution is -0.226. The molecule has 24 heavy (non-hydrogen) atoms. The van der Waals surface area contributed by atoms with Crippen molar-refractivity contribution in [3.05, 3.63) is 35.9 Å². The molecule has 0 bridgehead atoms. The van der Waals surface area contributed by atoms with Gasteiger partial charge in [-0.05, 0) is 12.0 Å². The molecule has 1 aromatic carbocycles. The SMILES string of the molecule is CCCCCCCCCCCCOP(=O)([O-])OCc1ccccc1. The average Bonchev–Trinajstić information content (AvgIpc) is 2.59. The van der Waals surface area contributed by atoms with Crippen LogP contribution in [0.1, 0.15) is 76.7 Å². The van der Waals surface area contributed by atoms with Crippen molar-refractivity contribution in [1.29, 1.82) is 0 Å². The maximum Gasteiger partial charge on any atom is 0.268 e. The molecule has 0 saturated heterocycles. The fraction of sp³-hybridized carbons (Fsp3) is 0.684. The largest absolute Gasteiger partial charge is 0.756 e. The molecule has 0 fully saturated rings. The van der Waals surface area contributed by atoms with E-state index in [9.17, 15) is 9.46 Å². The summed E-state index contributed by atoms with van der Waals surface area (Å²) in [5, 5.41) is 0. The number of unbranched alkanes of at least 4 members (excludes halogenated alkanes) is 9. The number of phosphoric ester groups is 1. The van der Waals surface area contributed by atoms with Gasteiger partial charge in [-0.3, -0.25) is 4.57 Å². The third-order valence-corrected chi connectivity index (χ3v) is 4.92. The molecule has 0 aliphatic carbocycles. The summed E-state index contributed by atoms with van der Waals surface area (Å²) in [4.78, 5) is 11.6. The molecule has 1 rings (SSSR count). The molecular formula is C19H32O4P-. The fourth-order valence-electron chi connectivity index (χ4n) is 2.53. The molecule has 0 aliphatic rings. The Balaban J connectivity index is 1.95. The van der Waals surface area contributed by atoms with Crippen LogP contribution >= 0.6 is 7.82 Å². The van der Waals surface area contributed by atoms with Crippen LogP contribution in [0.25, 0.3) is 0 Å². The highest BCUT2D eigenvalue weighted by Crippen LogP contribution is 2.39. The van der Waals surface area contributed by atoms with Crippen molar-refractivity contribution in [2.75, 3.05) is 6.61 Å². The number of hydrogen-bond acceptors (Lipinski definition) is 4. The van der Waals surface area contributed by atoms with Crippen LogP contribution in [0.4, 0.5) is 0 Å². The second-order valence-corrected chi connectivity index (χ2v) is 7.63. The van der Waals surface area contributed by atoms with Crippen LogP contribution < -0.4 is 4.89 Å². The molecule has 0 N–H and O–H groups in total. The van der Waals surface area contributed by atoms with Crippen LogP contribution in [-0.4, -0.2) is 6.61 Å². The summed E-state index contributed by atoms with van der Waals surface area (Å²) >= 11 is 0. The normalized spacial score (nSPS) is 13.8. The molecule has 0 radical (unpaired) electrons. The van der Waals surface area contributed by atoms with E-state index in [1.54, 1.807) is 0 Å². The van der Waals surface area contributed by atoms with Crippen molar-refractivity contribution in [1.82, 2.24) is 0 Å². The Labute approximate surface area is 147 Å². The van der Waals surface area contributed by atoms with Gasteiger partial charge >= 0.3 is 0 Å². The van der Waals surface area contributed by atoms with Crippen molar-refractivity contribution >= 4 is 7.82 Å². The first kappa shape index (κ1) is 21.4. The molecule has 0 aliphatic heterocycles. The summed E-state index contributed by atoms with van der Waals surface area (Å²) in [5.41, 5.74) is 0.816. The van der Waals surface area contributed by atoms with Gasteiger partial charge in [0, 0.05) is 0 Å². The Morgan fingerprint density at radius 2 is 1.38 bits per heavy atom. The Kier molecular flexibility index (Phi) is 12.1. The maximum atomic E-state index is 11.6. The smallest absolute Gasteiger partial charge is 0.268 e. The van der Waals surface area contributed by atoms with Gasteiger partial charge in [0.1, 0.15) is 0 Å². The lowest BCUT2D eigenvalue weighted by Crippen LogP contribution is -2.09. The molecule has 1 atom stereocenters. The molecule has 0 saturated carbocycles. The molecule has 5 heteroatoms.